The van der Waals surface area contributed by atoms with Crippen LogP contribution in [0.15, 0.2) is 12.2 Å². The Morgan fingerprint density at radius 1 is 0.931 bits per heavy atom. The number of carbonyl (C=O) groups is 1. The predicted molar refractivity (Wildman–Crippen MR) is 116 cm³/mol. The van der Waals surface area contributed by atoms with Crippen LogP contribution < -0.4 is 5.32 Å². The second-order valence-electron chi connectivity index (χ2n) is 8.74. The van der Waals surface area contributed by atoms with Gasteiger partial charge in [-0.2, -0.15) is 0 Å². The van der Waals surface area contributed by atoms with Crippen LogP contribution in [0.5, 0.6) is 0 Å². The smallest absolute Gasteiger partial charge is 0.345 e. The second-order valence-corrected chi connectivity index (χ2v) is 14.6. The lowest BCUT2D eigenvalue weighted by Gasteiger charge is -2.52. The number of nitrogens with one attached hydrogen (secondary N) is 1. The molecule has 5 nitrogen and oxygen atoms in total. The highest BCUT2D eigenvalue weighted by molar-refractivity contribution is 6.76. The van der Waals surface area contributed by atoms with Gasteiger partial charge in [-0.1, -0.05) is 79.4 Å². The fraction of sp³-hybridized carbons (Fsp3) is 0.850. The van der Waals surface area contributed by atoms with Crippen LogP contribution in [0.4, 0.5) is 0 Å². The van der Waals surface area contributed by atoms with Gasteiger partial charge in [-0.25, -0.2) is 0 Å². The highest BCUT2D eigenvalue weighted by atomic mass is 35.6. The molecule has 0 spiro atoms. The van der Waals surface area contributed by atoms with Gasteiger partial charge in [0.25, 0.3) is 9.70 Å². The van der Waals surface area contributed by atoms with Gasteiger partial charge < -0.3 is 18.9 Å². The molecule has 3 atom stereocenters. The molecule has 2 heterocycles. The van der Waals surface area contributed by atoms with E-state index in [1.54, 1.807) is 6.08 Å². The van der Waals surface area contributed by atoms with Crippen LogP contribution in [-0.2, 0) is 18.4 Å². The lowest BCUT2D eigenvalue weighted by molar-refractivity contribution is -0.137. The molecule has 2 saturated carbocycles. The summed E-state index contributed by atoms with van der Waals surface area (Å²) in [5.41, 5.74) is 1.16. The molecule has 2 aliphatic carbocycles. The highest BCUT2D eigenvalue weighted by Crippen LogP contribution is 2.51. The van der Waals surface area contributed by atoms with Gasteiger partial charge in [0.2, 0.25) is 0 Å². The van der Waals surface area contributed by atoms with Gasteiger partial charge in [-0.3, -0.25) is 4.79 Å². The number of ether oxygens (including phenoxy) is 1. The van der Waals surface area contributed by atoms with Crippen LogP contribution in [0.2, 0.25) is 11.1 Å². The van der Waals surface area contributed by atoms with Gasteiger partial charge in [0.15, 0.2) is 0 Å². The summed E-state index contributed by atoms with van der Waals surface area (Å²) in [7, 11) is -2.36. The number of rotatable bonds is 3. The number of alkyl halides is 3. The first-order chi connectivity index (χ1) is 13.9. The zero-order valence-corrected chi connectivity index (χ0v) is 19.9. The Bertz CT molecular complexity index is 599. The van der Waals surface area contributed by atoms with Gasteiger partial charge in [0.1, 0.15) is 12.3 Å². The highest BCUT2D eigenvalue weighted by Gasteiger charge is 2.57. The molecule has 2 aliphatic heterocycles. The molecule has 0 aromatic rings. The molecule has 4 aliphatic rings. The van der Waals surface area contributed by atoms with E-state index < -0.39 is 24.5 Å². The Hall–Kier alpha value is 0.177. The molecule has 1 amide bonds. The van der Waals surface area contributed by atoms with E-state index in [2.05, 4.69) is 5.32 Å². The largest absolute Gasteiger partial charge is 0.391 e. The minimum absolute atomic E-state index is 0.125. The lowest BCUT2D eigenvalue weighted by atomic mass is 9.99. The number of fused-ring (bicyclic) bond motifs is 1. The normalized spacial score (nSPS) is 33.8. The van der Waals surface area contributed by atoms with Gasteiger partial charge in [0.05, 0.1) is 12.7 Å². The van der Waals surface area contributed by atoms with Crippen molar-refractivity contribution in [2.24, 2.45) is 0 Å². The van der Waals surface area contributed by atoms with Crippen molar-refractivity contribution in [2.75, 3.05) is 6.61 Å². The molecule has 0 aromatic heterocycles. The van der Waals surface area contributed by atoms with Crippen molar-refractivity contribution in [3.63, 3.8) is 0 Å². The number of hydrogen-bond donors (Lipinski definition) is 1. The molecule has 1 saturated heterocycles. The van der Waals surface area contributed by atoms with Crippen molar-refractivity contribution < 1.29 is 18.4 Å². The van der Waals surface area contributed by atoms with Crippen LogP contribution >= 0.6 is 34.8 Å². The van der Waals surface area contributed by atoms with Crippen LogP contribution in [0, 0.1) is 0 Å². The summed E-state index contributed by atoms with van der Waals surface area (Å²) in [6.07, 6.45) is 15.5. The van der Waals surface area contributed by atoms with Crippen molar-refractivity contribution in [3.8, 4) is 0 Å². The number of halogens is 3. The fourth-order valence-corrected chi connectivity index (χ4v) is 10.7. The van der Waals surface area contributed by atoms with Crippen LogP contribution in [0.3, 0.4) is 0 Å². The minimum atomic E-state index is -2.36. The third kappa shape index (κ3) is 4.99. The maximum Gasteiger partial charge on any atom is 0.345 e. The Morgan fingerprint density at radius 2 is 1.52 bits per heavy atom. The molecule has 3 fully saturated rings. The molecule has 1 N–H and O–H groups in total. The number of hydrogen-bond acceptors (Lipinski definition) is 4. The quantitative estimate of drug-likeness (QED) is 0.338. The van der Waals surface area contributed by atoms with Gasteiger partial charge >= 0.3 is 8.56 Å². The first-order valence-electron chi connectivity index (χ1n) is 10.9. The van der Waals surface area contributed by atoms with Crippen molar-refractivity contribution in [3.05, 3.63) is 12.2 Å². The molecular formula is C20H30Cl3NO4Si. The second kappa shape index (κ2) is 9.35. The average Bonchev–Trinajstić information content (AvgIpc) is 2.74. The summed E-state index contributed by atoms with van der Waals surface area (Å²) in [6, 6.07) is 0. The molecular weight excluding hydrogens is 453 g/mol. The molecule has 0 aromatic carbocycles. The number of amides is 1. The van der Waals surface area contributed by atoms with Crippen molar-refractivity contribution >= 4 is 49.3 Å². The third-order valence-electron chi connectivity index (χ3n) is 6.84. The van der Waals surface area contributed by atoms with Gasteiger partial charge in [-0.05, 0) is 31.8 Å². The summed E-state index contributed by atoms with van der Waals surface area (Å²) in [5.74, 6) is -0.707. The first-order valence-corrected chi connectivity index (χ1v) is 14.0. The zero-order valence-electron chi connectivity index (χ0n) is 16.6. The summed E-state index contributed by atoms with van der Waals surface area (Å²) < 4.78 is 17.6. The Balaban J connectivity index is 1.48. The van der Waals surface area contributed by atoms with Crippen LogP contribution in [-0.4, -0.2) is 43.3 Å². The summed E-state index contributed by atoms with van der Waals surface area (Å²) >= 11 is 16.9. The minimum Gasteiger partial charge on any atom is -0.391 e. The maximum absolute atomic E-state index is 11.9. The Kier molecular flexibility index (Phi) is 7.21. The topological polar surface area (TPSA) is 56.8 Å². The monoisotopic (exact) mass is 481 g/mol. The van der Waals surface area contributed by atoms with E-state index in [4.69, 9.17) is 48.4 Å². The fourth-order valence-electron chi connectivity index (χ4n) is 5.42. The summed E-state index contributed by atoms with van der Waals surface area (Å²) in [5, 5.41) is 2.60. The zero-order chi connectivity index (χ0) is 20.5. The van der Waals surface area contributed by atoms with Crippen LogP contribution in [0.25, 0.3) is 0 Å². The molecule has 9 heteroatoms. The molecule has 164 valence electrons. The summed E-state index contributed by atoms with van der Waals surface area (Å²) in [6.45, 7) is 0.508. The third-order valence-corrected chi connectivity index (χ3v) is 12.0. The van der Waals surface area contributed by atoms with Crippen molar-refractivity contribution in [2.45, 2.75) is 97.5 Å². The molecule has 0 bridgehead atoms. The van der Waals surface area contributed by atoms with Gasteiger partial charge in [0, 0.05) is 11.1 Å². The first kappa shape index (κ1) is 22.4. The van der Waals surface area contributed by atoms with Gasteiger partial charge in [-0.15, -0.1) is 0 Å². The SMILES string of the molecule is O=C(N[C@H]1C=C[C@@H]2O[Si](C3CCCCC3)(C3CCCCC3)OC[C@H]2O1)C(Cl)(Cl)Cl. The van der Waals surface area contributed by atoms with Crippen molar-refractivity contribution in [1.29, 1.82) is 0 Å². The van der Waals surface area contributed by atoms with E-state index in [-0.39, 0.29) is 12.2 Å². The standard InChI is InChI=1S/C20H30Cl3NO4Si/c21-20(22,23)19(25)24-18-12-11-16-17(27-18)13-26-29(28-16,14-7-3-1-4-8-14)15-9-5-2-6-10-15/h11-12,14-18H,1-10,13H2,(H,24,25)/t16-,17+,18+/m0/s1. The Morgan fingerprint density at radius 3 is 2.07 bits per heavy atom. The van der Waals surface area contributed by atoms with E-state index in [1.807, 2.05) is 6.08 Å². The predicted octanol–water partition coefficient (Wildman–Crippen LogP) is 5.28. The van der Waals surface area contributed by atoms with Crippen molar-refractivity contribution in [1.82, 2.24) is 5.32 Å². The molecule has 4 rings (SSSR count). The maximum atomic E-state index is 11.9. The lowest BCUT2D eigenvalue weighted by Crippen LogP contribution is -2.63. The van der Waals surface area contributed by atoms with Crippen LogP contribution in [0.1, 0.15) is 64.2 Å². The van der Waals surface area contributed by atoms with E-state index >= 15 is 0 Å². The Labute approximate surface area is 189 Å². The van der Waals surface area contributed by atoms with E-state index in [0.29, 0.717) is 17.7 Å². The van der Waals surface area contributed by atoms with E-state index in [9.17, 15) is 4.79 Å². The number of carbonyl (C=O) groups excluding carboxylic acids is 1. The molecule has 29 heavy (non-hydrogen) atoms. The summed E-state index contributed by atoms with van der Waals surface area (Å²) in [4.78, 5) is 11.9. The van der Waals surface area contributed by atoms with E-state index in [1.165, 1.54) is 64.2 Å². The molecule has 0 radical (unpaired) electrons. The van der Waals surface area contributed by atoms with E-state index in [0.717, 1.165) is 0 Å². The average molecular weight is 483 g/mol. The molecule has 0 unspecified atom stereocenters.